The summed E-state index contributed by atoms with van der Waals surface area (Å²) in [6.07, 6.45) is 0.145. The van der Waals surface area contributed by atoms with Crippen molar-refractivity contribution in [2.24, 2.45) is 0 Å². The first kappa shape index (κ1) is 14.4. The Labute approximate surface area is 110 Å². The minimum Gasteiger partial charge on any atom is -0.469 e. The fourth-order valence-corrected chi connectivity index (χ4v) is 1.21. The molecule has 0 amide bonds. The summed E-state index contributed by atoms with van der Waals surface area (Å²) in [6, 6.07) is 0.144. The van der Waals surface area contributed by atoms with Gasteiger partial charge in [-0.05, 0) is 25.4 Å². The second-order valence-corrected chi connectivity index (χ2v) is 3.97. The number of hydrogen-bond acceptors (Lipinski definition) is 7. The van der Waals surface area contributed by atoms with Crippen molar-refractivity contribution in [3.05, 3.63) is 5.28 Å². The number of aromatic nitrogens is 3. The highest BCUT2D eigenvalue weighted by molar-refractivity contribution is 6.28. The molecule has 0 aromatic carbocycles. The summed E-state index contributed by atoms with van der Waals surface area (Å²) in [5, 5.41) is 2.87. The molecule has 0 saturated carbocycles. The van der Waals surface area contributed by atoms with Crippen LogP contribution in [0.4, 0.5) is 5.95 Å². The zero-order valence-corrected chi connectivity index (χ0v) is 11.2. The lowest BCUT2D eigenvalue weighted by Crippen LogP contribution is -2.14. The van der Waals surface area contributed by atoms with E-state index in [1.54, 1.807) is 0 Å². The largest absolute Gasteiger partial charge is 0.469 e. The Morgan fingerprint density at radius 1 is 1.39 bits per heavy atom. The predicted molar refractivity (Wildman–Crippen MR) is 65.7 cm³/mol. The number of carbonyl (C=O) groups is 1. The third-order valence-corrected chi connectivity index (χ3v) is 1.94. The smallest absolute Gasteiger partial charge is 0.322 e. The van der Waals surface area contributed by atoms with Gasteiger partial charge in [0.15, 0.2) is 0 Å². The van der Waals surface area contributed by atoms with Gasteiger partial charge in [-0.1, -0.05) is 0 Å². The van der Waals surface area contributed by atoms with Crippen LogP contribution in [0.2, 0.25) is 5.28 Å². The van der Waals surface area contributed by atoms with E-state index in [-0.39, 0.29) is 35.7 Å². The molecule has 100 valence electrons. The summed E-state index contributed by atoms with van der Waals surface area (Å²) in [7, 11) is 1.33. The lowest BCUT2D eigenvalue weighted by molar-refractivity contribution is -0.140. The number of ether oxygens (including phenoxy) is 2. The van der Waals surface area contributed by atoms with Gasteiger partial charge in [-0.3, -0.25) is 4.79 Å². The highest BCUT2D eigenvalue weighted by atomic mass is 35.5. The Kier molecular flexibility index (Phi) is 5.57. The van der Waals surface area contributed by atoms with Gasteiger partial charge in [0, 0.05) is 6.54 Å². The predicted octanol–water partition coefficient (Wildman–Crippen LogP) is 1.29. The van der Waals surface area contributed by atoms with E-state index in [9.17, 15) is 4.79 Å². The van der Waals surface area contributed by atoms with Crippen molar-refractivity contribution in [3.8, 4) is 6.01 Å². The zero-order chi connectivity index (χ0) is 13.5. The van der Waals surface area contributed by atoms with E-state index >= 15 is 0 Å². The van der Waals surface area contributed by atoms with Gasteiger partial charge in [-0.25, -0.2) is 0 Å². The van der Waals surface area contributed by atoms with Gasteiger partial charge in [0.05, 0.1) is 19.6 Å². The Bertz CT molecular complexity index is 414. The zero-order valence-electron chi connectivity index (χ0n) is 10.4. The molecule has 0 aliphatic heterocycles. The van der Waals surface area contributed by atoms with Gasteiger partial charge >= 0.3 is 12.0 Å². The maximum absolute atomic E-state index is 10.9. The maximum Gasteiger partial charge on any atom is 0.322 e. The molecule has 0 radical (unpaired) electrons. The number of esters is 1. The van der Waals surface area contributed by atoms with Crippen molar-refractivity contribution < 1.29 is 14.3 Å². The molecule has 0 spiro atoms. The molecule has 0 fully saturated rings. The molecular formula is C10H15ClN4O3. The van der Waals surface area contributed by atoms with Crippen LogP contribution in [-0.4, -0.2) is 40.7 Å². The highest BCUT2D eigenvalue weighted by Crippen LogP contribution is 2.12. The first-order valence-electron chi connectivity index (χ1n) is 5.40. The number of hydrogen-bond donors (Lipinski definition) is 1. The monoisotopic (exact) mass is 274 g/mol. The number of nitrogens with zero attached hydrogens (tertiary/aromatic N) is 3. The third-order valence-electron chi connectivity index (χ3n) is 1.77. The van der Waals surface area contributed by atoms with Crippen LogP contribution in [0.5, 0.6) is 6.01 Å². The number of rotatable bonds is 6. The van der Waals surface area contributed by atoms with Crippen molar-refractivity contribution in [1.29, 1.82) is 0 Å². The molecule has 1 rings (SSSR count). The average molecular weight is 275 g/mol. The highest BCUT2D eigenvalue weighted by Gasteiger charge is 2.08. The van der Waals surface area contributed by atoms with E-state index in [1.807, 2.05) is 13.8 Å². The third kappa shape index (κ3) is 5.13. The molecule has 18 heavy (non-hydrogen) atoms. The maximum atomic E-state index is 10.9. The second kappa shape index (κ2) is 6.95. The van der Waals surface area contributed by atoms with Crippen LogP contribution in [0, 0.1) is 0 Å². The van der Waals surface area contributed by atoms with Crippen molar-refractivity contribution in [1.82, 2.24) is 15.0 Å². The number of methoxy groups -OCH3 is 1. The normalized spacial score (nSPS) is 10.3. The molecule has 8 heteroatoms. The van der Waals surface area contributed by atoms with E-state index in [0.29, 0.717) is 6.54 Å². The van der Waals surface area contributed by atoms with Crippen molar-refractivity contribution in [2.45, 2.75) is 26.4 Å². The van der Waals surface area contributed by atoms with E-state index in [4.69, 9.17) is 16.3 Å². The van der Waals surface area contributed by atoms with Gasteiger partial charge in [-0.2, -0.15) is 15.0 Å². The first-order chi connectivity index (χ1) is 8.51. The summed E-state index contributed by atoms with van der Waals surface area (Å²) in [5.74, 6) is -0.0594. The van der Waals surface area contributed by atoms with Crippen LogP contribution >= 0.6 is 11.6 Å². The van der Waals surface area contributed by atoms with Crippen LogP contribution in [0.15, 0.2) is 0 Å². The summed E-state index contributed by atoms with van der Waals surface area (Å²) >= 11 is 5.73. The standard InChI is InChI=1S/C10H15ClN4O3/c1-6(2)18-10-14-8(11)13-9(15-10)12-5-4-7(16)17-3/h6H,4-5H2,1-3H3,(H,12,13,14,15). The van der Waals surface area contributed by atoms with Crippen LogP contribution < -0.4 is 10.1 Å². The molecule has 1 aromatic rings. The van der Waals surface area contributed by atoms with E-state index in [2.05, 4.69) is 25.0 Å². The average Bonchev–Trinajstić information content (AvgIpc) is 2.27. The molecule has 0 saturated heterocycles. The van der Waals surface area contributed by atoms with Gasteiger partial charge in [0.2, 0.25) is 11.2 Å². The fraction of sp³-hybridized carbons (Fsp3) is 0.600. The summed E-state index contributed by atoms with van der Waals surface area (Å²) < 4.78 is 9.81. The number of nitrogens with one attached hydrogen (secondary N) is 1. The van der Waals surface area contributed by atoms with Gasteiger partial charge in [-0.15, -0.1) is 0 Å². The van der Waals surface area contributed by atoms with Crippen molar-refractivity contribution in [2.75, 3.05) is 19.0 Å². The Balaban J connectivity index is 2.59. The van der Waals surface area contributed by atoms with Crippen molar-refractivity contribution >= 4 is 23.5 Å². The van der Waals surface area contributed by atoms with E-state index < -0.39 is 0 Å². The summed E-state index contributed by atoms with van der Waals surface area (Å²) in [4.78, 5) is 22.6. The van der Waals surface area contributed by atoms with Gasteiger partial charge < -0.3 is 14.8 Å². The minimum absolute atomic E-state index is 0.0289. The molecule has 1 heterocycles. The second-order valence-electron chi connectivity index (χ2n) is 3.63. The molecule has 0 atom stereocenters. The van der Waals surface area contributed by atoms with Crippen LogP contribution in [-0.2, 0) is 9.53 Å². The molecular weight excluding hydrogens is 260 g/mol. The van der Waals surface area contributed by atoms with E-state index in [0.717, 1.165) is 0 Å². The fourth-order valence-electron chi connectivity index (χ4n) is 1.05. The van der Waals surface area contributed by atoms with Crippen LogP contribution in [0.1, 0.15) is 20.3 Å². The molecule has 0 bridgehead atoms. The van der Waals surface area contributed by atoms with Crippen LogP contribution in [0.25, 0.3) is 0 Å². The molecule has 1 N–H and O–H groups in total. The molecule has 7 nitrogen and oxygen atoms in total. The molecule has 0 unspecified atom stereocenters. The lowest BCUT2D eigenvalue weighted by atomic mass is 10.4. The number of anilines is 1. The van der Waals surface area contributed by atoms with Crippen molar-refractivity contribution in [3.63, 3.8) is 0 Å². The first-order valence-corrected chi connectivity index (χ1v) is 5.78. The topological polar surface area (TPSA) is 86.2 Å². The van der Waals surface area contributed by atoms with E-state index in [1.165, 1.54) is 7.11 Å². The van der Waals surface area contributed by atoms with Crippen LogP contribution in [0.3, 0.4) is 0 Å². The minimum atomic E-state index is -0.318. The SMILES string of the molecule is COC(=O)CCNc1nc(Cl)nc(OC(C)C)n1. The Hall–Kier alpha value is -1.63. The number of carbonyl (C=O) groups excluding carboxylic acids is 1. The van der Waals surface area contributed by atoms with Gasteiger partial charge in [0.25, 0.3) is 0 Å². The Morgan fingerprint density at radius 2 is 2.11 bits per heavy atom. The summed E-state index contributed by atoms with van der Waals surface area (Å²) in [5.41, 5.74) is 0. The molecule has 0 aliphatic rings. The number of halogens is 1. The quantitative estimate of drug-likeness (QED) is 0.782. The molecule has 1 aromatic heterocycles. The summed E-state index contributed by atoms with van der Waals surface area (Å²) in [6.45, 7) is 4.04. The van der Waals surface area contributed by atoms with Gasteiger partial charge in [0.1, 0.15) is 0 Å². The lowest BCUT2D eigenvalue weighted by Gasteiger charge is -2.09. The Morgan fingerprint density at radius 3 is 2.72 bits per heavy atom. The molecule has 0 aliphatic carbocycles.